The lowest BCUT2D eigenvalue weighted by molar-refractivity contribution is 0.158. The smallest absolute Gasteiger partial charge is 0.0408 e. The van der Waals surface area contributed by atoms with Crippen LogP contribution in [0.3, 0.4) is 0 Å². The molecule has 1 saturated heterocycles. The van der Waals surface area contributed by atoms with Gasteiger partial charge in [0, 0.05) is 17.6 Å². The van der Waals surface area contributed by atoms with Crippen LogP contribution in [0.2, 0.25) is 5.02 Å². The van der Waals surface area contributed by atoms with Gasteiger partial charge < -0.3 is 5.32 Å². The largest absolute Gasteiger partial charge is 0.317 e. The van der Waals surface area contributed by atoms with Crippen LogP contribution in [0.1, 0.15) is 43.4 Å². The van der Waals surface area contributed by atoms with Gasteiger partial charge in [-0.05, 0) is 74.5 Å². The summed E-state index contributed by atoms with van der Waals surface area (Å²) in [6.07, 6.45) is 5.10. The molecule has 1 aromatic rings. The summed E-state index contributed by atoms with van der Waals surface area (Å²) in [5, 5.41) is 4.34. The number of halogens is 1. The quantitative estimate of drug-likeness (QED) is 0.911. The van der Waals surface area contributed by atoms with Crippen LogP contribution in [-0.4, -0.2) is 31.1 Å². The molecule has 2 aliphatic rings. The molecule has 2 nitrogen and oxygen atoms in total. The second-order valence-electron chi connectivity index (χ2n) is 6.18. The van der Waals surface area contributed by atoms with Crippen molar-refractivity contribution in [1.29, 1.82) is 0 Å². The molecule has 1 aromatic carbocycles. The van der Waals surface area contributed by atoms with E-state index in [1.54, 1.807) is 0 Å². The highest BCUT2D eigenvalue weighted by Gasteiger charge is 2.28. The Morgan fingerprint density at radius 3 is 2.80 bits per heavy atom. The molecule has 1 N–H and O–H groups in total. The lowest BCUT2D eigenvalue weighted by Gasteiger charge is -2.33. The molecule has 1 aliphatic heterocycles. The first-order chi connectivity index (χ1) is 9.78. The van der Waals surface area contributed by atoms with E-state index in [1.165, 1.54) is 56.4 Å². The fourth-order valence-electron chi connectivity index (χ4n) is 3.82. The van der Waals surface area contributed by atoms with Crippen molar-refractivity contribution in [3.05, 3.63) is 34.3 Å². The highest BCUT2D eigenvalue weighted by molar-refractivity contribution is 6.30. The molecule has 1 atom stereocenters. The van der Waals surface area contributed by atoms with E-state index in [4.69, 9.17) is 11.6 Å². The predicted molar refractivity (Wildman–Crippen MR) is 85.4 cm³/mol. The molecule has 0 spiro atoms. The maximum Gasteiger partial charge on any atom is 0.0408 e. The van der Waals surface area contributed by atoms with Gasteiger partial charge in [-0.25, -0.2) is 0 Å². The van der Waals surface area contributed by atoms with Crippen LogP contribution in [0.5, 0.6) is 0 Å². The minimum atomic E-state index is 0.613. The Kier molecular flexibility index (Phi) is 4.65. The average molecular weight is 293 g/mol. The van der Waals surface area contributed by atoms with Crippen LogP contribution in [0.25, 0.3) is 0 Å². The zero-order valence-corrected chi connectivity index (χ0v) is 13.1. The molecule has 0 aromatic heterocycles. The molecule has 20 heavy (non-hydrogen) atoms. The maximum atomic E-state index is 6.12. The molecular weight excluding hydrogens is 268 g/mol. The Labute approximate surface area is 127 Å². The highest BCUT2D eigenvalue weighted by atomic mass is 35.5. The number of nitrogens with one attached hydrogen (secondary N) is 1. The Hall–Kier alpha value is -0.570. The third kappa shape index (κ3) is 3.03. The predicted octanol–water partition coefficient (Wildman–Crippen LogP) is 3.65. The van der Waals surface area contributed by atoms with E-state index in [9.17, 15) is 0 Å². The van der Waals surface area contributed by atoms with Crippen molar-refractivity contribution in [2.75, 3.05) is 26.2 Å². The van der Waals surface area contributed by atoms with Gasteiger partial charge in [-0.15, -0.1) is 0 Å². The van der Waals surface area contributed by atoms with E-state index in [2.05, 4.69) is 35.3 Å². The molecule has 3 rings (SSSR count). The number of nitrogens with zero attached hydrogens (tertiary/aromatic N) is 1. The van der Waals surface area contributed by atoms with Gasteiger partial charge in [-0.3, -0.25) is 4.90 Å². The summed E-state index contributed by atoms with van der Waals surface area (Å²) < 4.78 is 0. The molecular formula is C17H25ClN2. The molecule has 1 unspecified atom stereocenters. The van der Waals surface area contributed by atoms with E-state index in [-0.39, 0.29) is 0 Å². The van der Waals surface area contributed by atoms with E-state index in [1.807, 2.05) is 0 Å². The molecule has 1 aliphatic carbocycles. The van der Waals surface area contributed by atoms with Gasteiger partial charge in [-0.2, -0.15) is 0 Å². The second-order valence-corrected chi connectivity index (χ2v) is 6.61. The zero-order chi connectivity index (χ0) is 13.9. The van der Waals surface area contributed by atoms with Crippen molar-refractivity contribution in [1.82, 2.24) is 10.2 Å². The van der Waals surface area contributed by atoms with Gasteiger partial charge in [0.25, 0.3) is 0 Å². The summed E-state index contributed by atoms with van der Waals surface area (Å²) >= 11 is 6.12. The average Bonchev–Trinajstić information content (AvgIpc) is 2.88. The monoisotopic (exact) mass is 292 g/mol. The molecule has 3 heteroatoms. The van der Waals surface area contributed by atoms with E-state index < -0.39 is 0 Å². The van der Waals surface area contributed by atoms with Crippen molar-refractivity contribution in [3.8, 4) is 0 Å². The molecule has 0 amide bonds. The summed E-state index contributed by atoms with van der Waals surface area (Å²) in [6, 6.07) is 7.08. The second kappa shape index (κ2) is 6.46. The topological polar surface area (TPSA) is 15.3 Å². The van der Waals surface area contributed by atoms with Gasteiger partial charge in [0.2, 0.25) is 0 Å². The third-order valence-corrected chi connectivity index (χ3v) is 5.18. The SMILES string of the molecule is CCN(CC1CCNCC1)C1CCc2cc(Cl)ccc21. The lowest BCUT2D eigenvalue weighted by Crippen LogP contribution is -2.37. The summed E-state index contributed by atoms with van der Waals surface area (Å²) in [4.78, 5) is 2.69. The van der Waals surface area contributed by atoms with Crippen LogP contribution in [-0.2, 0) is 6.42 Å². The Balaban J connectivity index is 1.71. The van der Waals surface area contributed by atoms with Crippen molar-refractivity contribution >= 4 is 11.6 Å². The number of benzene rings is 1. The van der Waals surface area contributed by atoms with Gasteiger partial charge >= 0.3 is 0 Å². The molecule has 0 saturated carbocycles. The molecule has 0 radical (unpaired) electrons. The first kappa shape index (κ1) is 14.4. The Bertz CT molecular complexity index is 454. The standard InChI is InChI=1S/C17H25ClN2/c1-2-20(12-13-7-9-19-10-8-13)17-6-3-14-11-15(18)4-5-16(14)17/h4-5,11,13,17,19H,2-3,6-10,12H2,1H3. The van der Waals surface area contributed by atoms with Crippen molar-refractivity contribution in [2.24, 2.45) is 5.92 Å². The minimum absolute atomic E-state index is 0.613. The first-order valence-corrected chi connectivity index (χ1v) is 8.39. The van der Waals surface area contributed by atoms with Gasteiger partial charge in [-0.1, -0.05) is 24.6 Å². The molecule has 1 fully saturated rings. The lowest BCUT2D eigenvalue weighted by atomic mass is 9.96. The number of hydrogen-bond acceptors (Lipinski definition) is 2. The summed E-state index contributed by atoms with van der Waals surface area (Å²) in [5.74, 6) is 0.868. The Morgan fingerprint density at radius 1 is 1.25 bits per heavy atom. The van der Waals surface area contributed by atoms with Crippen molar-refractivity contribution in [2.45, 2.75) is 38.6 Å². The summed E-state index contributed by atoms with van der Waals surface area (Å²) in [6.45, 7) is 7.09. The van der Waals surface area contributed by atoms with E-state index >= 15 is 0 Å². The van der Waals surface area contributed by atoms with Gasteiger partial charge in [0.15, 0.2) is 0 Å². The van der Waals surface area contributed by atoms with Crippen LogP contribution < -0.4 is 5.32 Å². The summed E-state index contributed by atoms with van der Waals surface area (Å²) in [5.41, 5.74) is 2.98. The number of hydrogen-bond donors (Lipinski definition) is 1. The molecule has 110 valence electrons. The van der Waals surface area contributed by atoms with Gasteiger partial charge in [0.1, 0.15) is 0 Å². The minimum Gasteiger partial charge on any atom is -0.317 e. The number of piperidine rings is 1. The number of aryl methyl sites for hydroxylation is 1. The van der Waals surface area contributed by atoms with Crippen LogP contribution >= 0.6 is 11.6 Å². The molecule has 1 heterocycles. The van der Waals surface area contributed by atoms with Crippen LogP contribution in [0.15, 0.2) is 18.2 Å². The van der Waals surface area contributed by atoms with E-state index in [0.29, 0.717) is 6.04 Å². The number of rotatable bonds is 4. The third-order valence-electron chi connectivity index (χ3n) is 4.95. The van der Waals surface area contributed by atoms with Gasteiger partial charge in [0.05, 0.1) is 0 Å². The number of fused-ring (bicyclic) bond motifs is 1. The highest BCUT2D eigenvalue weighted by Crippen LogP contribution is 2.37. The van der Waals surface area contributed by atoms with E-state index in [0.717, 1.165) is 17.5 Å². The fourth-order valence-corrected chi connectivity index (χ4v) is 4.01. The maximum absolute atomic E-state index is 6.12. The summed E-state index contributed by atoms with van der Waals surface area (Å²) in [7, 11) is 0. The fraction of sp³-hybridized carbons (Fsp3) is 0.647. The normalized spacial score (nSPS) is 23.2. The van der Waals surface area contributed by atoms with Crippen LogP contribution in [0.4, 0.5) is 0 Å². The zero-order valence-electron chi connectivity index (χ0n) is 12.4. The Morgan fingerprint density at radius 2 is 2.05 bits per heavy atom. The first-order valence-electron chi connectivity index (χ1n) is 8.01. The molecule has 0 bridgehead atoms. The van der Waals surface area contributed by atoms with Crippen molar-refractivity contribution in [3.63, 3.8) is 0 Å². The van der Waals surface area contributed by atoms with Crippen molar-refractivity contribution < 1.29 is 0 Å². The van der Waals surface area contributed by atoms with Crippen LogP contribution in [0, 0.1) is 5.92 Å².